The van der Waals surface area contributed by atoms with E-state index in [2.05, 4.69) is 0 Å². The average molecular weight is 322 g/mol. The summed E-state index contributed by atoms with van der Waals surface area (Å²) in [6.07, 6.45) is -5.30. The van der Waals surface area contributed by atoms with Crippen LogP contribution in [0.1, 0.15) is 31.4 Å². The normalized spacial score (nSPS) is 17.8. The first-order valence-electron chi connectivity index (χ1n) is 6.86. The molecule has 0 fully saturated rings. The number of alkyl halides is 3. The van der Waals surface area contributed by atoms with Crippen LogP contribution in [0.25, 0.3) is 0 Å². The van der Waals surface area contributed by atoms with Crippen molar-refractivity contribution < 1.29 is 32.5 Å². The van der Waals surface area contributed by atoms with E-state index in [1.807, 2.05) is 0 Å². The third kappa shape index (κ3) is 2.79. The van der Waals surface area contributed by atoms with Crippen molar-refractivity contribution in [2.24, 2.45) is 0 Å². The Balaban J connectivity index is 2.42. The lowest BCUT2D eigenvalue weighted by molar-refractivity contribution is -0.277. The Kier molecular flexibility index (Phi) is 4.16. The number of benzene rings is 1. The third-order valence-corrected chi connectivity index (χ3v) is 4.06. The summed E-state index contributed by atoms with van der Waals surface area (Å²) in [6, 6.07) is 2.56. The second kappa shape index (κ2) is 5.38. The Labute approximate surface area is 125 Å². The van der Waals surface area contributed by atoms with Gasteiger partial charge in [-0.2, -0.15) is 13.2 Å². The molecule has 1 heterocycles. The number of aliphatic hydroxyl groups is 2. The molecule has 3 nitrogen and oxygen atoms in total. The number of ether oxygens (including phenoxy) is 1. The van der Waals surface area contributed by atoms with E-state index in [4.69, 9.17) is 9.84 Å². The van der Waals surface area contributed by atoms with Crippen molar-refractivity contribution in [3.8, 4) is 5.75 Å². The van der Waals surface area contributed by atoms with Crippen LogP contribution >= 0.6 is 0 Å². The van der Waals surface area contributed by atoms with Gasteiger partial charge in [0.15, 0.2) is 17.2 Å². The average Bonchev–Trinajstić information content (AvgIpc) is 2.86. The lowest BCUT2D eigenvalue weighted by atomic mass is 9.73. The van der Waals surface area contributed by atoms with E-state index in [1.54, 1.807) is 0 Å². The van der Waals surface area contributed by atoms with E-state index in [0.717, 1.165) is 6.07 Å². The number of rotatable bonds is 4. The maximum Gasteiger partial charge on any atom is 0.419 e. The first-order valence-corrected chi connectivity index (χ1v) is 6.86. The molecule has 0 unspecified atom stereocenters. The monoisotopic (exact) mass is 322 g/mol. The molecule has 1 aromatic carbocycles. The second-order valence-corrected chi connectivity index (χ2v) is 6.25. The zero-order chi connectivity index (χ0) is 16.8. The van der Waals surface area contributed by atoms with E-state index in [0.29, 0.717) is 17.5 Å². The molecular formula is C15H18F4O3. The summed E-state index contributed by atoms with van der Waals surface area (Å²) in [7, 11) is 0. The van der Waals surface area contributed by atoms with Crippen LogP contribution < -0.4 is 4.74 Å². The predicted molar refractivity (Wildman–Crippen MR) is 71.3 cm³/mol. The predicted octanol–water partition coefficient (Wildman–Crippen LogP) is 2.71. The summed E-state index contributed by atoms with van der Waals surface area (Å²) in [5.41, 5.74) is -3.33. The highest BCUT2D eigenvalue weighted by atomic mass is 19.4. The number of aliphatic hydroxyl groups excluding tert-OH is 1. The van der Waals surface area contributed by atoms with Gasteiger partial charge < -0.3 is 14.9 Å². The van der Waals surface area contributed by atoms with Crippen LogP contribution in [0.3, 0.4) is 0 Å². The van der Waals surface area contributed by atoms with E-state index in [-0.39, 0.29) is 12.4 Å². The fraction of sp³-hybridized carbons (Fsp3) is 0.600. The molecule has 22 heavy (non-hydrogen) atoms. The van der Waals surface area contributed by atoms with Crippen molar-refractivity contribution in [2.45, 2.75) is 43.9 Å². The van der Waals surface area contributed by atoms with Crippen LogP contribution in [-0.2, 0) is 11.8 Å². The van der Waals surface area contributed by atoms with Gasteiger partial charge >= 0.3 is 6.18 Å². The van der Waals surface area contributed by atoms with Crippen LogP contribution in [0, 0.1) is 5.82 Å². The molecular weight excluding hydrogens is 304 g/mol. The molecule has 0 spiro atoms. The van der Waals surface area contributed by atoms with Crippen molar-refractivity contribution in [3.05, 3.63) is 29.1 Å². The lowest BCUT2D eigenvalue weighted by Gasteiger charge is -2.37. The summed E-state index contributed by atoms with van der Waals surface area (Å²) in [6.45, 7) is 1.87. The number of fused-ring (bicyclic) bond motifs is 1. The summed E-state index contributed by atoms with van der Waals surface area (Å²) >= 11 is 0. The van der Waals surface area contributed by atoms with Crippen LogP contribution in [0.2, 0.25) is 0 Å². The Morgan fingerprint density at radius 1 is 1.23 bits per heavy atom. The molecule has 0 radical (unpaired) electrons. The van der Waals surface area contributed by atoms with Crippen LogP contribution in [-0.4, -0.2) is 35.2 Å². The largest absolute Gasteiger partial charge is 0.490 e. The van der Waals surface area contributed by atoms with Gasteiger partial charge in [-0.1, -0.05) is 19.9 Å². The highest BCUT2D eigenvalue weighted by molar-refractivity contribution is 5.47. The number of hydrogen-bond donors (Lipinski definition) is 2. The lowest BCUT2D eigenvalue weighted by Crippen LogP contribution is -2.52. The molecule has 1 aromatic rings. The molecule has 0 bridgehead atoms. The number of halogens is 4. The van der Waals surface area contributed by atoms with Gasteiger partial charge in [0, 0.05) is 12.0 Å². The Bertz CT molecular complexity index is 569. The standard InChI is InChI=1S/C15H18F4O3/c1-13(2,7-14(21,8-20)15(17,18)19)10-3-4-11(16)12-9(10)5-6-22-12/h3-4,20-21H,5-8H2,1-2H3/t14-/m0/s1. The molecule has 1 aliphatic heterocycles. The minimum atomic E-state index is -4.96. The molecule has 0 saturated carbocycles. The van der Waals surface area contributed by atoms with Gasteiger partial charge in [-0.25, -0.2) is 4.39 Å². The molecule has 2 rings (SSSR count). The quantitative estimate of drug-likeness (QED) is 0.838. The first-order chi connectivity index (χ1) is 10.0. The van der Waals surface area contributed by atoms with E-state index in [9.17, 15) is 22.7 Å². The molecule has 7 heteroatoms. The SMILES string of the molecule is CC(C)(C[C@](O)(CO)C(F)(F)F)c1ccc(F)c2c1CCO2. The highest BCUT2D eigenvalue weighted by Crippen LogP contribution is 2.44. The van der Waals surface area contributed by atoms with Crippen molar-refractivity contribution in [2.75, 3.05) is 13.2 Å². The molecule has 0 aliphatic carbocycles. The van der Waals surface area contributed by atoms with E-state index >= 15 is 0 Å². The molecule has 1 atom stereocenters. The Morgan fingerprint density at radius 3 is 2.41 bits per heavy atom. The van der Waals surface area contributed by atoms with Gasteiger partial charge in [0.1, 0.15) is 0 Å². The first kappa shape index (κ1) is 17.0. The number of hydrogen-bond acceptors (Lipinski definition) is 3. The van der Waals surface area contributed by atoms with Crippen molar-refractivity contribution in [3.63, 3.8) is 0 Å². The fourth-order valence-corrected chi connectivity index (χ4v) is 2.96. The molecule has 0 amide bonds. The molecule has 0 aromatic heterocycles. The Morgan fingerprint density at radius 2 is 1.86 bits per heavy atom. The minimum Gasteiger partial charge on any atom is -0.490 e. The zero-order valence-corrected chi connectivity index (χ0v) is 12.3. The summed E-state index contributed by atoms with van der Waals surface area (Å²) in [4.78, 5) is 0. The van der Waals surface area contributed by atoms with Crippen LogP contribution in [0.15, 0.2) is 12.1 Å². The fourth-order valence-electron chi connectivity index (χ4n) is 2.96. The Hall–Kier alpha value is -1.34. The zero-order valence-electron chi connectivity index (χ0n) is 12.3. The van der Waals surface area contributed by atoms with Gasteiger partial charge in [0.2, 0.25) is 0 Å². The summed E-state index contributed by atoms with van der Waals surface area (Å²) in [5, 5.41) is 18.8. The topological polar surface area (TPSA) is 49.7 Å². The summed E-state index contributed by atoms with van der Waals surface area (Å²) < 4.78 is 57.8. The maximum absolute atomic E-state index is 13.7. The van der Waals surface area contributed by atoms with E-state index in [1.165, 1.54) is 19.9 Å². The third-order valence-electron chi connectivity index (χ3n) is 4.06. The van der Waals surface area contributed by atoms with Gasteiger partial charge in [-0.05, 0) is 23.5 Å². The molecule has 0 saturated heterocycles. The van der Waals surface area contributed by atoms with Gasteiger partial charge in [0.25, 0.3) is 0 Å². The van der Waals surface area contributed by atoms with Crippen LogP contribution in [0.5, 0.6) is 5.75 Å². The van der Waals surface area contributed by atoms with Crippen molar-refractivity contribution in [1.82, 2.24) is 0 Å². The van der Waals surface area contributed by atoms with Crippen molar-refractivity contribution >= 4 is 0 Å². The van der Waals surface area contributed by atoms with Gasteiger partial charge in [-0.3, -0.25) is 0 Å². The van der Waals surface area contributed by atoms with Crippen molar-refractivity contribution in [1.29, 1.82) is 0 Å². The van der Waals surface area contributed by atoms with Gasteiger partial charge in [0.05, 0.1) is 13.2 Å². The molecule has 124 valence electrons. The molecule has 2 N–H and O–H groups in total. The second-order valence-electron chi connectivity index (χ2n) is 6.25. The summed E-state index contributed by atoms with van der Waals surface area (Å²) in [5.74, 6) is -0.495. The van der Waals surface area contributed by atoms with Crippen LogP contribution in [0.4, 0.5) is 17.6 Å². The van der Waals surface area contributed by atoms with E-state index < -0.39 is 36.0 Å². The highest BCUT2D eigenvalue weighted by Gasteiger charge is 2.56. The molecule has 1 aliphatic rings. The smallest absolute Gasteiger partial charge is 0.419 e. The maximum atomic E-state index is 13.7. The minimum absolute atomic E-state index is 0.0603. The van der Waals surface area contributed by atoms with Gasteiger partial charge in [-0.15, -0.1) is 0 Å².